The van der Waals surface area contributed by atoms with E-state index in [0.29, 0.717) is 0 Å². The normalized spacial score (nSPS) is 12.1. The van der Waals surface area contributed by atoms with E-state index in [2.05, 4.69) is 14.4 Å². The van der Waals surface area contributed by atoms with Crippen molar-refractivity contribution in [3.8, 4) is 0 Å². The highest BCUT2D eigenvalue weighted by Crippen LogP contribution is 2.23. The first-order valence-electron chi connectivity index (χ1n) is 7.27. The highest BCUT2D eigenvalue weighted by molar-refractivity contribution is 7.92. The first-order valence-corrected chi connectivity index (χ1v) is 10.2. The van der Waals surface area contributed by atoms with Crippen molar-refractivity contribution in [1.82, 2.24) is 9.71 Å². The molecular weight excluding hydrogens is 384 g/mol. The minimum Gasteiger partial charge on any atom is -0.358 e. The van der Waals surface area contributed by atoms with Crippen molar-refractivity contribution in [2.24, 2.45) is 0 Å². The Hall–Kier alpha value is -2.57. The van der Waals surface area contributed by atoms with E-state index >= 15 is 0 Å². The van der Waals surface area contributed by atoms with Crippen molar-refractivity contribution in [2.45, 2.75) is 29.7 Å². The van der Waals surface area contributed by atoms with Gasteiger partial charge in [-0.25, -0.2) is 21.6 Å². The van der Waals surface area contributed by atoms with Gasteiger partial charge in [-0.1, -0.05) is 0 Å². The minimum atomic E-state index is -4.28. The van der Waals surface area contributed by atoms with Crippen LogP contribution >= 0.6 is 0 Å². The minimum absolute atomic E-state index is 0.0403. The van der Waals surface area contributed by atoms with E-state index in [9.17, 15) is 26.9 Å². The Morgan fingerprint density at radius 3 is 2.19 bits per heavy atom. The van der Waals surface area contributed by atoms with E-state index in [4.69, 9.17) is 0 Å². The summed E-state index contributed by atoms with van der Waals surface area (Å²) in [5.41, 5.74) is 0.0478. The number of rotatable bonds is 7. The highest BCUT2D eigenvalue weighted by Gasteiger charge is 2.26. The Balaban J connectivity index is 2.31. The predicted octanol–water partition coefficient (Wildman–Crippen LogP) is 1.48. The van der Waals surface area contributed by atoms with Crippen LogP contribution in [0.1, 0.15) is 13.8 Å². The largest absolute Gasteiger partial charge is 0.384 e. The van der Waals surface area contributed by atoms with Gasteiger partial charge in [0.25, 0.3) is 10.0 Å². The number of pyridine rings is 1. The quantitative estimate of drug-likeness (QED) is 0.528. The van der Waals surface area contributed by atoms with E-state index < -0.39 is 35.7 Å². The van der Waals surface area contributed by atoms with Crippen molar-refractivity contribution in [2.75, 3.05) is 4.72 Å². The molecule has 10 nitrogen and oxygen atoms in total. The fourth-order valence-corrected chi connectivity index (χ4v) is 4.45. The van der Waals surface area contributed by atoms with Gasteiger partial charge >= 0.3 is 5.82 Å². The molecule has 0 saturated carbocycles. The summed E-state index contributed by atoms with van der Waals surface area (Å²) >= 11 is 0. The highest BCUT2D eigenvalue weighted by atomic mass is 32.2. The number of nitro groups is 1. The lowest BCUT2D eigenvalue weighted by Gasteiger charge is -2.11. The molecular formula is C14H16N4O6S2. The molecule has 0 radical (unpaired) electrons. The van der Waals surface area contributed by atoms with Crippen LogP contribution in [0.3, 0.4) is 0 Å². The molecule has 0 saturated heterocycles. The summed E-state index contributed by atoms with van der Waals surface area (Å²) in [5, 5.41) is 10.9. The fraction of sp³-hybridized carbons (Fsp3) is 0.214. The van der Waals surface area contributed by atoms with Gasteiger partial charge in [0.15, 0.2) is 4.90 Å². The van der Waals surface area contributed by atoms with E-state index in [1.54, 1.807) is 13.8 Å². The van der Waals surface area contributed by atoms with E-state index in [1.165, 1.54) is 30.3 Å². The second-order valence-electron chi connectivity index (χ2n) is 5.49. The zero-order valence-corrected chi connectivity index (χ0v) is 15.4. The standard InChI is InChI=1S/C14H16N4O6S2/c1-10(2)16-25(21,22)12-7-5-11(6-8-12)17-26(23,24)13-4-3-9-15-14(13)18(19)20/h3-10,16-17H,1-2H3. The molecule has 2 N–H and O–H groups in total. The molecule has 0 atom stereocenters. The maximum atomic E-state index is 12.4. The smallest absolute Gasteiger partial charge is 0.358 e. The van der Waals surface area contributed by atoms with Gasteiger partial charge in [0.1, 0.15) is 6.20 Å². The molecule has 0 aliphatic rings. The molecule has 26 heavy (non-hydrogen) atoms. The maximum Gasteiger partial charge on any atom is 0.384 e. The van der Waals surface area contributed by atoms with Crippen molar-refractivity contribution in [3.05, 3.63) is 52.7 Å². The third-order valence-corrected chi connectivity index (χ3v) is 6.10. The van der Waals surface area contributed by atoms with Crippen LogP contribution in [0, 0.1) is 10.1 Å². The van der Waals surface area contributed by atoms with E-state index in [0.717, 1.165) is 12.3 Å². The lowest BCUT2D eigenvalue weighted by atomic mass is 10.3. The van der Waals surface area contributed by atoms with Gasteiger partial charge in [-0.2, -0.15) is 0 Å². The molecule has 2 aromatic rings. The number of sulfonamides is 2. The number of anilines is 1. The molecule has 0 amide bonds. The second-order valence-corrected chi connectivity index (χ2v) is 8.85. The van der Waals surface area contributed by atoms with Crippen LogP contribution in [0.4, 0.5) is 11.5 Å². The van der Waals surface area contributed by atoms with Gasteiger partial charge in [0.05, 0.1) is 4.90 Å². The van der Waals surface area contributed by atoms with Crippen molar-refractivity contribution in [3.63, 3.8) is 0 Å². The van der Waals surface area contributed by atoms with Crippen LogP contribution in [0.25, 0.3) is 0 Å². The number of benzene rings is 1. The predicted molar refractivity (Wildman–Crippen MR) is 93.6 cm³/mol. The summed E-state index contributed by atoms with van der Waals surface area (Å²) in [6.07, 6.45) is 1.11. The monoisotopic (exact) mass is 400 g/mol. The number of aromatic nitrogens is 1. The van der Waals surface area contributed by atoms with Crippen molar-refractivity contribution in [1.29, 1.82) is 0 Å². The molecule has 0 aliphatic carbocycles. The topological polar surface area (TPSA) is 148 Å². The van der Waals surface area contributed by atoms with Crippen molar-refractivity contribution < 1.29 is 21.8 Å². The summed E-state index contributed by atoms with van der Waals surface area (Å²) in [4.78, 5) is 12.9. The van der Waals surface area contributed by atoms with Gasteiger partial charge in [-0.3, -0.25) is 4.72 Å². The molecule has 1 aromatic heterocycles. The number of hydrogen-bond donors (Lipinski definition) is 2. The molecule has 2 rings (SSSR count). The number of nitrogens with zero attached hydrogens (tertiary/aromatic N) is 2. The zero-order valence-electron chi connectivity index (χ0n) is 13.8. The average molecular weight is 400 g/mol. The SMILES string of the molecule is CC(C)NS(=O)(=O)c1ccc(NS(=O)(=O)c2cccnc2[N+](=O)[O-])cc1. The lowest BCUT2D eigenvalue weighted by Crippen LogP contribution is -2.30. The van der Waals surface area contributed by atoms with Crippen LogP contribution < -0.4 is 9.44 Å². The Morgan fingerprint density at radius 2 is 1.65 bits per heavy atom. The summed E-state index contributed by atoms with van der Waals surface area (Å²) in [6, 6.07) is 6.95. The molecule has 1 heterocycles. The lowest BCUT2D eigenvalue weighted by molar-refractivity contribution is -0.392. The number of nitrogens with one attached hydrogen (secondary N) is 2. The van der Waals surface area contributed by atoms with Crippen LogP contribution in [-0.4, -0.2) is 32.8 Å². The maximum absolute atomic E-state index is 12.4. The first kappa shape index (κ1) is 19.8. The fourth-order valence-electron chi connectivity index (χ4n) is 2.02. The van der Waals surface area contributed by atoms with Crippen LogP contribution in [0.15, 0.2) is 52.4 Å². The Bertz CT molecular complexity index is 1020. The molecule has 0 bridgehead atoms. The Labute approximate surface area is 150 Å². The van der Waals surface area contributed by atoms with Gasteiger partial charge in [0, 0.05) is 11.7 Å². The van der Waals surface area contributed by atoms with E-state index in [-0.39, 0.29) is 16.6 Å². The third-order valence-electron chi connectivity index (χ3n) is 3.02. The number of hydrogen-bond acceptors (Lipinski definition) is 7. The van der Waals surface area contributed by atoms with Crippen LogP contribution in [0.2, 0.25) is 0 Å². The third kappa shape index (κ3) is 4.53. The molecule has 140 valence electrons. The van der Waals surface area contributed by atoms with Gasteiger partial charge < -0.3 is 10.1 Å². The molecule has 0 spiro atoms. The first-order chi connectivity index (χ1) is 12.0. The average Bonchev–Trinajstić information content (AvgIpc) is 2.53. The van der Waals surface area contributed by atoms with Crippen molar-refractivity contribution >= 4 is 31.6 Å². The summed E-state index contributed by atoms with van der Waals surface area (Å²) in [7, 11) is -7.99. The Morgan fingerprint density at radius 1 is 1.04 bits per heavy atom. The molecule has 0 fully saturated rings. The van der Waals surface area contributed by atoms with Gasteiger partial charge in [-0.15, -0.1) is 0 Å². The summed E-state index contributed by atoms with van der Waals surface area (Å²) < 4.78 is 53.4. The van der Waals surface area contributed by atoms with E-state index in [1.807, 2.05) is 0 Å². The summed E-state index contributed by atoms with van der Waals surface area (Å²) in [6.45, 7) is 3.34. The second kappa shape index (κ2) is 7.35. The molecule has 12 heteroatoms. The molecule has 0 aliphatic heterocycles. The van der Waals surface area contributed by atoms with Gasteiger partial charge in [0.2, 0.25) is 10.0 Å². The molecule has 1 aromatic carbocycles. The van der Waals surface area contributed by atoms with Crippen LogP contribution in [-0.2, 0) is 20.0 Å². The summed E-state index contributed by atoms with van der Waals surface area (Å²) in [5.74, 6) is -0.805. The van der Waals surface area contributed by atoms with Crippen LogP contribution in [0.5, 0.6) is 0 Å². The Kier molecular flexibility index (Phi) is 5.59. The molecule has 0 unspecified atom stereocenters. The van der Waals surface area contributed by atoms with Gasteiger partial charge in [-0.05, 0) is 60.2 Å². The zero-order chi connectivity index (χ0) is 19.5.